The first-order valence-corrected chi connectivity index (χ1v) is 9.69. The van der Waals surface area contributed by atoms with Crippen molar-refractivity contribution < 1.29 is 4.79 Å². The lowest BCUT2D eigenvalue weighted by atomic mass is 9.95. The molecule has 3 aromatic rings. The van der Waals surface area contributed by atoms with Gasteiger partial charge in [0, 0.05) is 49.3 Å². The molecule has 3 rings (SSSR count). The number of nitrogens with one attached hydrogen (secondary N) is 1. The van der Waals surface area contributed by atoms with E-state index in [1.807, 2.05) is 69.3 Å². The molecule has 0 aliphatic carbocycles. The average Bonchev–Trinajstić information content (AvgIpc) is 2.69. The second-order valence-electron chi connectivity index (χ2n) is 8.03. The summed E-state index contributed by atoms with van der Waals surface area (Å²) in [4.78, 5) is 27.9. The summed E-state index contributed by atoms with van der Waals surface area (Å²) in [5.74, 6) is -0.0199. The van der Waals surface area contributed by atoms with Crippen LogP contribution in [0.25, 0.3) is 0 Å². The Balaban J connectivity index is 1.76. The smallest absolute Gasteiger partial charge is 0.229 e. The van der Waals surface area contributed by atoms with Gasteiger partial charge in [-0.25, -0.2) is 0 Å². The van der Waals surface area contributed by atoms with Crippen LogP contribution in [-0.2, 0) is 24.4 Å². The summed E-state index contributed by atoms with van der Waals surface area (Å²) in [5, 5.41) is 2.97. The number of carbonyl (C=O) groups excluding carboxylic acids is 1. The van der Waals surface area contributed by atoms with Gasteiger partial charge in [0.1, 0.15) is 0 Å². The molecule has 0 unspecified atom stereocenters. The van der Waals surface area contributed by atoms with E-state index in [0.29, 0.717) is 19.6 Å². The molecule has 0 atom stereocenters. The minimum Gasteiger partial charge on any atom is -0.326 e. The van der Waals surface area contributed by atoms with Crippen LogP contribution in [0.1, 0.15) is 37.9 Å². The first kappa shape index (κ1) is 20.6. The van der Waals surface area contributed by atoms with Crippen molar-refractivity contribution in [1.29, 1.82) is 0 Å². The second-order valence-corrected chi connectivity index (χ2v) is 8.03. The number of carbonyl (C=O) groups is 1. The molecule has 0 aliphatic heterocycles. The Bertz CT molecular complexity index is 881. The molecule has 0 aromatic carbocycles. The monoisotopic (exact) mass is 389 g/mol. The van der Waals surface area contributed by atoms with Crippen molar-refractivity contribution in [2.45, 2.75) is 40.4 Å². The Morgan fingerprint density at radius 2 is 1.38 bits per heavy atom. The van der Waals surface area contributed by atoms with Gasteiger partial charge in [-0.1, -0.05) is 32.9 Å². The fraction of sp³-hybridized carbons (Fsp3) is 0.304. The lowest BCUT2D eigenvalue weighted by Crippen LogP contribution is -2.28. The largest absolute Gasteiger partial charge is 0.326 e. The van der Waals surface area contributed by atoms with E-state index in [0.717, 1.165) is 22.8 Å². The third kappa shape index (κ3) is 6.47. The zero-order valence-electron chi connectivity index (χ0n) is 17.2. The number of aromatic nitrogens is 3. The van der Waals surface area contributed by atoms with E-state index in [2.05, 4.69) is 25.2 Å². The summed E-state index contributed by atoms with van der Waals surface area (Å²) in [5.41, 5.74) is 3.16. The number of pyridine rings is 3. The maximum atomic E-state index is 12.3. The lowest BCUT2D eigenvalue weighted by Gasteiger charge is -2.22. The zero-order valence-corrected chi connectivity index (χ0v) is 17.2. The molecule has 29 heavy (non-hydrogen) atoms. The molecule has 6 nitrogen and oxygen atoms in total. The summed E-state index contributed by atoms with van der Waals surface area (Å²) in [6.07, 6.45) is 5.33. The molecule has 0 fully saturated rings. The Morgan fingerprint density at radius 1 is 0.828 bits per heavy atom. The summed E-state index contributed by atoms with van der Waals surface area (Å²) in [6.45, 7) is 7.66. The fourth-order valence-electron chi connectivity index (χ4n) is 2.80. The van der Waals surface area contributed by atoms with Crippen LogP contribution < -0.4 is 5.32 Å². The average molecular weight is 390 g/mol. The maximum absolute atomic E-state index is 12.3. The summed E-state index contributed by atoms with van der Waals surface area (Å²) >= 11 is 0. The van der Waals surface area contributed by atoms with Crippen molar-refractivity contribution in [1.82, 2.24) is 19.9 Å². The minimum atomic E-state index is -0.451. The molecule has 1 N–H and O–H groups in total. The predicted molar refractivity (Wildman–Crippen MR) is 114 cm³/mol. The van der Waals surface area contributed by atoms with Crippen LogP contribution in [-0.4, -0.2) is 25.8 Å². The van der Waals surface area contributed by atoms with Crippen molar-refractivity contribution in [3.8, 4) is 0 Å². The number of rotatable bonds is 7. The Morgan fingerprint density at radius 3 is 1.90 bits per heavy atom. The van der Waals surface area contributed by atoms with Crippen molar-refractivity contribution >= 4 is 11.6 Å². The number of hydrogen-bond donors (Lipinski definition) is 1. The standard InChI is InChI=1S/C23H27N5O/c1-23(2,3)22(29)27-18-10-13-26-21(14-18)17-28(15-19-8-4-6-11-24-19)16-20-9-5-7-12-25-20/h4-14H,15-17H2,1-3H3,(H,26,27,29). The number of anilines is 1. The van der Waals surface area contributed by atoms with Crippen LogP contribution >= 0.6 is 0 Å². The first-order valence-electron chi connectivity index (χ1n) is 9.69. The fourth-order valence-corrected chi connectivity index (χ4v) is 2.80. The van der Waals surface area contributed by atoms with Crippen molar-refractivity contribution in [3.05, 3.63) is 84.2 Å². The molecule has 0 saturated heterocycles. The van der Waals surface area contributed by atoms with Gasteiger partial charge in [0.05, 0.1) is 17.1 Å². The Labute approximate surface area is 172 Å². The summed E-state index contributed by atoms with van der Waals surface area (Å²) in [7, 11) is 0. The van der Waals surface area contributed by atoms with E-state index in [-0.39, 0.29) is 5.91 Å². The van der Waals surface area contributed by atoms with Gasteiger partial charge in [0.15, 0.2) is 0 Å². The van der Waals surface area contributed by atoms with E-state index < -0.39 is 5.41 Å². The molecular formula is C23H27N5O. The molecule has 0 aliphatic rings. The molecule has 150 valence electrons. The highest BCUT2D eigenvalue weighted by Crippen LogP contribution is 2.18. The summed E-state index contributed by atoms with van der Waals surface area (Å²) in [6, 6.07) is 15.6. The number of hydrogen-bond acceptors (Lipinski definition) is 5. The molecule has 0 radical (unpaired) electrons. The topological polar surface area (TPSA) is 71.0 Å². The predicted octanol–water partition coefficient (Wildman–Crippen LogP) is 4.06. The van der Waals surface area contributed by atoms with Crippen LogP contribution in [0.5, 0.6) is 0 Å². The minimum absolute atomic E-state index is 0.0199. The molecule has 0 saturated carbocycles. The normalized spacial score (nSPS) is 11.4. The highest BCUT2D eigenvalue weighted by molar-refractivity contribution is 5.94. The maximum Gasteiger partial charge on any atom is 0.229 e. The van der Waals surface area contributed by atoms with Crippen molar-refractivity contribution in [3.63, 3.8) is 0 Å². The van der Waals surface area contributed by atoms with Gasteiger partial charge in [0.2, 0.25) is 5.91 Å². The molecule has 0 bridgehead atoms. The van der Waals surface area contributed by atoms with Crippen LogP contribution in [0.15, 0.2) is 67.1 Å². The van der Waals surface area contributed by atoms with Crippen LogP contribution in [0.4, 0.5) is 5.69 Å². The van der Waals surface area contributed by atoms with Crippen LogP contribution in [0.3, 0.4) is 0 Å². The second kappa shape index (κ2) is 9.39. The van der Waals surface area contributed by atoms with E-state index in [1.54, 1.807) is 18.6 Å². The van der Waals surface area contributed by atoms with Gasteiger partial charge in [0.25, 0.3) is 0 Å². The van der Waals surface area contributed by atoms with Crippen molar-refractivity contribution in [2.75, 3.05) is 5.32 Å². The van der Waals surface area contributed by atoms with Gasteiger partial charge in [-0.3, -0.25) is 24.6 Å². The van der Waals surface area contributed by atoms with E-state index in [1.165, 1.54) is 0 Å². The zero-order chi connectivity index (χ0) is 20.7. The van der Waals surface area contributed by atoms with E-state index in [9.17, 15) is 4.79 Å². The molecule has 6 heteroatoms. The van der Waals surface area contributed by atoms with E-state index >= 15 is 0 Å². The SMILES string of the molecule is CC(C)(C)C(=O)Nc1ccnc(CN(Cc2ccccn2)Cc2ccccn2)c1. The highest BCUT2D eigenvalue weighted by Gasteiger charge is 2.21. The van der Waals surface area contributed by atoms with Crippen LogP contribution in [0, 0.1) is 5.41 Å². The molecule has 0 spiro atoms. The van der Waals surface area contributed by atoms with Gasteiger partial charge in [-0.2, -0.15) is 0 Å². The third-order valence-corrected chi connectivity index (χ3v) is 4.36. The van der Waals surface area contributed by atoms with Gasteiger partial charge in [-0.05, 0) is 36.4 Å². The van der Waals surface area contributed by atoms with Crippen molar-refractivity contribution in [2.24, 2.45) is 5.41 Å². The molecule has 3 aromatic heterocycles. The lowest BCUT2D eigenvalue weighted by molar-refractivity contribution is -0.123. The molecular weight excluding hydrogens is 362 g/mol. The Kier molecular flexibility index (Phi) is 6.67. The Hall–Kier alpha value is -3.12. The van der Waals surface area contributed by atoms with Gasteiger partial charge < -0.3 is 5.32 Å². The number of nitrogens with zero attached hydrogens (tertiary/aromatic N) is 4. The van der Waals surface area contributed by atoms with E-state index in [4.69, 9.17) is 0 Å². The number of amides is 1. The highest BCUT2D eigenvalue weighted by atomic mass is 16.2. The van der Waals surface area contributed by atoms with Gasteiger partial charge >= 0.3 is 0 Å². The third-order valence-electron chi connectivity index (χ3n) is 4.36. The molecule has 1 amide bonds. The van der Waals surface area contributed by atoms with Crippen LogP contribution in [0.2, 0.25) is 0 Å². The summed E-state index contributed by atoms with van der Waals surface area (Å²) < 4.78 is 0. The first-order chi connectivity index (χ1) is 13.9. The quantitative estimate of drug-likeness (QED) is 0.660. The molecule has 3 heterocycles. The van der Waals surface area contributed by atoms with Gasteiger partial charge in [-0.15, -0.1) is 0 Å².